The van der Waals surface area contributed by atoms with Crippen LogP contribution in [0.3, 0.4) is 0 Å². The van der Waals surface area contributed by atoms with Gasteiger partial charge >= 0.3 is 0 Å². The average molecular weight is 959 g/mol. The van der Waals surface area contributed by atoms with E-state index in [-0.39, 0.29) is 59.0 Å². The predicted octanol–water partition coefficient (Wildman–Crippen LogP) is 7.52. The quantitative estimate of drug-likeness (QED) is 0.0553. The molecule has 8 rings (SSSR count). The number of imide groups is 1. The van der Waals surface area contributed by atoms with Crippen LogP contribution < -0.4 is 20.7 Å². The third kappa shape index (κ3) is 11.3. The topological polar surface area (TPSA) is 184 Å². The van der Waals surface area contributed by atoms with Crippen molar-refractivity contribution in [2.24, 2.45) is 5.92 Å². The summed E-state index contributed by atoms with van der Waals surface area (Å²) in [5, 5.41) is 10.0. The van der Waals surface area contributed by atoms with E-state index in [2.05, 4.69) is 16.0 Å². The molecule has 17 heteroatoms. The summed E-state index contributed by atoms with van der Waals surface area (Å²) in [6, 6.07) is 24.9. The van der Waals surface area contributed by atoms with E-state index in [1.54, 1.807) is 59.1 Å². The van der Waals surface area contributed by atoms with Crippen LogP contribution >= 0.6 is 11.6 Å². The number of hydrogen-bond donors (Lipinski definition) is 3. The summed E-state index contributed by atoms with van der Waals surface area (Å²) in [5.41, 5.74) is 3.34. The fourth-order valence-electron chi connectivity index (χ4n) is 9.10. The number of piperidine rings is 2. The Labute approximate surface area is 391 Å². The van der Waals surface area contributed by atoms with E-state index in [1.165, 1.54) is 28.6 Å². The van der Waals surface area contributed by atoms with Crippen molar-refractivity contribution in [1.82, 2.24) is 24.6 Å². The molecule has 1 aliphatic carbocycles. The summed E-state index contributed by atoms with van der Waals surface area (Å²) in [6.45, 7) is 3.00. The summed E-state index contributed by atoms with van der Waals surface area (Å²) in [4.78, 5) is 37.3. The molecule has 66 heavy (non-hydrogen) atoms. The Morgan fingerprint density at radius 2 is 1.45 bits per heavy atom. The molecule has 1 aromatic heterocycles. The fourth-order valence-corrected chi connectivity index (χ4v) is 12.4. The lowest BCUT2D eigenvalue weighted by Gasteiger charge is -2.30. The Morgan fingerprint density at radius 3 is 2.15 bits per heavy atom. The first-order valence-electron chi connectivity index (χ1n) is 22.8. The highest BCUT2D eigenvalue weighted by Crippen LogP contribution is 2.35. The number of ether oxygens (including phenoxy) is 1. The van der Waals surface area contributed by atoms with Crippen LogP contribution in [0.15, 0.2) is 111 Å². The minimum atomic E-state index is -4.06. The summed E-state index contributed by atoms with van der Waals surface area (Å²) in [6.07, 6.45) is 8.67. The average Bonchev–Trinajstić information content (AvgIpc) is 4.01. The van der Waals surface area contributed by atoms with Crippen LogP contribution in [0.1, 0.15) is 97.2 Å². The van der Waals surface area contributed by atoms with Gasteiger partial charge in [0.15, 0.2) is 0 Å². The van der Waals surface area contributed by atoms with E-state index in [0.717, 1.165) is 68.1 Å². The number of nitrogens with one attached hydrogen (secondary N) is 3. The predicted molar refractivity (Wildman–Crippen MR) is 251 cm³/mol. The third-order valence-electron chi connectivity index (χ3n) is 12.9. The summed E-state index contributed by atoms with van der Waals surface area (Å²) < 4.78 is 71.8. The van der Waals surface area contributed by atoms with Gasteiger partial charge in [0.05, 0.1) is 28.6 Å². The molecule has 4 aromatic carbocycles. The maximum atomic E-state index is 14.4. The molecule has 1 unspecified atom stereocenters. The van der Waals surface area contributed by atoms with Crippen LogP contribution in [0.2, 0.25) is 5.02 Å². The smallest absolute Gasteiger partial charge is 0.251 e. The van der Waals surface area contributed by atoms with Crippen LogP contribution in [0.5, 0.6) is 5.75 Å². The van der Waals surface area contributed by atoms with Crippen molar-refractivity contribution in [1.29, 1.82) is 0 Å². The van der Waals surface area contributed by atoms with Crippen LogP contribution in [0.4, 0.5) is 0 Å². The molecule has 2 aliphatic heterocycles. The lowest BCUT2D eigenvalue weighted by molar-refractivity contribution is -0.134. The number of rotatable bonds is 19. The Balaban J connectivity index is 0.865. The Kier molecular flexibility index (Phi) is 15.3. The molecule has 1 atom stereocenters. The molecule has 0 radical (unpaired) electrons. The van der Waals surface area contributed by atoms with Crippen molar-refractivity contribution in [3.05, 3.63) is 125 Å². The standard InChI is InChI=1S/C49H56ClN5O9S2/c50-38-13-9-35(10-14-38)32-55(39-5-1-2-6-39)66(61,62)42-18-16-41(17-19-42)65(59,60)54(31-36-23-26-51-27-24-36)30-34-7-11-37(12-8-34)48(57)52-25-3-4-28-63-40-15-21-46-44(29-40)45(33-64-46)43-20-22-47(56)53-49(43)58/h7-19,21,29,33,36,39,43,51H,1-6,20,22-28,30-32H2,(H,52,57)(H,53,56,58). The first-order chi connectivity index (χ1) is 31.8. The van der Waals surface area contributed by atoms with Gasteiger partial charge in [0.2, 0.25) is 31.9 Å². The number of unbranched alkanes of at least 4 members (excludes halogenated alkanes) is 1. The van der Waals surface area contributed by atoms with Crippen molar-refractivity contribution in [3.63, 3.8) is 0 Å². The number of benzene rings is 4. The Morgan fingerprint density at radius 1 is 0.788 bits per heavy atom. The second-order valence-corrected chi connectivity index (χ2v) is 21.7. The second-order valence-electron chi connectivity index (χ2n) is 17.4. The largest absolute Gasteiger partial charge is 0.494 e. The molecule has 5 aromatic rings. The van der Waals surface area contributed by atoms with Crippen molar-refractivity contribution in [3.8, 4) is 5.75 Å². The summed E-state index contributed by atoms with van der Waals surface area (Å²) in [7, 11) is -8.02. The summed E-state index contributed by atoms with van der Waals surface area (Å²) in [5.74, 6) is -0.551. The van der Waals surface area contributed by atoms with Gasteiger partial charge in [-0.3, -0.25) is 19.7 Å². The van der Waals surface area contributed by atoms with E-state index < -0.39 is 26.0 Å². The van der Waals surface area contributed by atoms with E-state index in [4.69, 9.17) is 20.8 Å². The van der Waals surface area contributed by atoms with Crippen molar-refractivity contribution in [2.75, 3.05) is 32.8 Å². The number of sulfonamides is 2. The van der Waals surface area contributed by atoms with E-state index in [0.29, 0.717) is 66.4 Å². The Hall–Kier alpha value is -5.10. The van der Waals surface area contributed by atoms with Gasteiger partial charge in [-0.1, -0.05) is 48.7 Å². The first-order valence-corrected chi connectivity index (χ1v) is 26.0. The Bertz CT molecular complexity index is 2720. The molecule has 3 heterocycles. The molecule has 14 nitrogen and oxygen atoms in total. The normalized spacial score (nSPS) is 17.7. The van der Waals surface area contributed by atoms with E-state index in [9.17, 15) is 31.2 Å². The molecule has 1 saturated carbocycles. The van der Waals surface area contributed by atoms with Gasteiger partial charge in [-0.2, -0.15) is 8.61 Å². The molecule has 3 aliphatic rings. The second kappa shape index (κ2) is 21.2. The SMILES string of the molecule is O=C1CCC(c2coc3ccc(OCCCCNC(=O)c4ccc(CN(CC5CCNCC5)S(=O)(=O)c5ccc(S(=O)(=O)N(Cc6ccc(Cl)cc6)C6CCCC6)cc5)cc4)cc23)C(=O)N1. The number of fused-ring (bicyclic) bond motifs is 1. The van der Waals surface area contributed by atoms with Gasteiger partial charge in [0.25, 0.3) is 5.91 Å². The third-order valence-corrected chi connectivity index (χ3v) is 16.9. The highest BCUT2D eigenvalue weighted by Gasteiger charge is 2.35. The number of carbonyl (C=O) groups is 3. The number of furan rings is 1. The minimum absolute atomic E-state index is 0.0137. The van der Waals surface area contributed by atoms with Gasteiger partial charge in [0, 0.05) is 60.2 Å². The number of carbonyl (C=O) groups excluding carboxylic acids is 3. The van der Waals surface area contributed by atoms with Gasteiger partial charge < -0.3 is 19.8 Å². The molecule has 0 spiro atoms. The number of halogens is 1. The zero-order valence-corrected chi connectivity index (χ0v) is 39.1. The zero-order valence-electron chi connectivity index (χ0n) is 36.8. The first kappa shape index (κ1) is 47.4. The highest BCUT2D eigenvalue weighted by molar-refractivity contribution is 7.89. The lowest BCUT2D eigenvalue weighted by atomic mass is 9.90. The van der Waals surface area contributed by atoms with Crippen molar-refractivity contribution in [2.45, 2.75) is 99.0 Å². The van der Waals surface area contributed by atoms with Gasteiger partial charge in [-0.05, 0) is 142 Å². The van der Waals surface area contributed by atoms with Gasteiger partial charge in [0.1, 0.15) is 11.3 Å². The van der Waals surface area contributed by atoms with Crippen LogP contribution in [-0.2, 0) is 42.7 Å². The van der Waals surface area contributed by atoms with Gasteiger partial charge in [-0.15, -0.1) is 0 Å². The zero-order chi connectivity index (χ0) is 46.3. The molecular formula is C49H56ClN5O9S2. The van der Waals surface area contributed by atoms with Gasteiger partial charge in [-0.25, -0.2) is 16.8 Å². The van der Waals surface area contributed by atoms with Crippen LogP contribution in [-0.4, -0.2) is 82.0 Å². The number of amides is 3. The maximum absolute atomic E-state index is 14.4. The van der Waals surface area contributed by atoms with Crippen LogP contribution in [0.25, 0.3) is 11.0 Å². The van der Waals surface area contributed by atoms with Crippen LogP contribution in [0, 0.1) is 5.92 Å². The highest BCUT2D eigenvalue weighted by atomic mass is 35.5. The molecule has 0 bridgehead atoms. The van der Waals surface area contributed by atoms with E-state index >= 15 is 0 Å². The summed E-state index contributed by atoms with van der Waals surface area (Å²) >= 11 is 6.10. The van der Waals surface area contributed by atoms with Crippen molar-refractivity contribution >= 4 is 60.3 Å². The maximum Gasteiger partial charge on any atom is 0.251 e. The fraction of sp³-hybridized carbons (Fsp3) is 0.408. The monoisotopic (exact) mass is 957 g/mol. The molecule has 3 N–H and O–H groups in total. The molecule has 350 valence electrons. The molecular weight excluding hydrogens is 902 g/mol. The molecule has 2 saturated heterocycles. The minimum Gasteiger partial charge on any atom is -0.494 e. The van der Waals surface area contributed by atoms with Crippen molar-refractivity contribution < 1.29 is 40.4 Å². The number of hydrogen-bond acceptors (Lipinski definition) is 10. The number of nitrogens with zero attached hydrogens (tertiary/aromatic N) is 2. The molecule has 3 fully saturated rings. The lowest BCUT2D eigenvalue weighted by Crippen LogP contribution is -2.39. The molecule has 3 amide bonds. The van der Waals surface area contributed by atoms with E-state index in [1.807, 2.05) is 18.2 Å².